The van der Waals surface area contributed by atoms with E-state index in [-0.39, 0.29) is 24.0 Å². The molecule has 37 heavy (non-hydrogen) atoms. The summed E-state index contributed by atoms with van der Waals surface area (Å²) in [6.45, 7) is 10.4. The Bertz CT molecular complexity index is 1130. The fraction of sp³-hybridized carbons (Fsp3) is 0.406. The third-order valence-corrected chi connectivity index (χ3v) is 6.77. The van der Waals surface area contributed by atoms with Gasteiger partial charge in [-0.1, -0.05) is 80.6 Å². The Balaban J connectivity index is 1.51. The molecule has 4 rings (SSSR count). The first-order valence-corrected chi connectivity index (χ1v) is 13.4. The van der Waals surface area contributed by atoms with Gasteiger partial charge in [0.05, 0.1) is 25.7 Å². The Kier molecular flexibility index (Phi) is 9.24. The Labute approximate surface area is 221 Å². The summed E-state index contributed by atoms with van der Waals surface area (Å²) in [5.41, 5.74) is 3.35. The maximum atomic E-state index is 13.6. The molecule has 0 aliphatic carbocycles. The van der Waals surface area contributed by atoms with Crippen molar-refractivity contribution in [3.05, 3.63) is 95.6 Å². The molecular formula is C32H39NO4. The van der Waals surface area contributed by atoms with E-state index >= 15 is 0 Å². The van der Waals surface area contributed by atoms with Crippen LogP contribution < -0.4 is 9.47 Å². The third-order valence-electron chi connectivity index (χ3n) is 6.77. The highest BCUT2D eigenvalue weighted by atomic mass is 16.6. The lowest BCUT2D eigenvalue weighted by atomic mass is 9.95. The first-order chi connectivity index (χ1) is 18.0. The fourth-order valence-corrected chi connectivity index (χ4v) is 4.85. The molecular weight excluding hydrogens is 462 g/mol. The monoisotopic (exact) mass is 501 g/mol. The van der Waals surface area contributed by atoms with Gasteiger partial charge in [0.1, 0.15) is 6.10 Å². The van der Waals surface area contributed by atoms with Gasteiger partial charge in [-0.3, -0.25) is 4.79 Å². The van der Waals surface area contributed by atoms with E-state index in [2.05, 4.69) is 38.1 Å². The van der Waals surface area contributed by atoms with Gasteiger partial charge in [-0.15, -0.1) is 0 Å². The summed E-state index contributed by atoms with van der Waals surface area (Å²) >= 11 is 0. The molecule has 3 atom stereocenters. The number of carbonyl (C=O) groups is 1. The Morgan fingerprint density at radius 1 is 0.919 bits per heavy atom. The summed E-state index contributed by atoms with van der Waals surface area (Å²) < 4.78 is 18.6. The van der Waals surface area contributed by atoms with Crippen LogP contribution in [0.4, 0.5) is 0 Å². The van der Waals surface area contributed by atoms with Crippen LogP contribution in [0.3, 0.4) is 0 Å². The number of benzene rings is 3. The van der Waals surface area contributed by atoms with Crippen molar-refractivity contribution >= 4 is 5.91 Å². The SMILES string of the molecule is CCOc1ccccc1O[C@@H](c1ccccc1)[C@@H]1CN(C(=O)[C@@H](C)c2ccc(CC(C)C)cc2)CCO1. The summed E-state index contributed by atoms with van der Waals surface area (Å²) in [5.74, 6) is 1.87. The Morgan fingerprint density at radius 2 is 1.59 bits per heavy atom. The summed E-state index contributed by atoms with van der Waals surface area (Å²) in [4.78, 5) is 15.5. The molecule has 1 aliphatic rings. The number of hydrogen-bond acceptors (Lipinski definition) is 4. The zero-order chi connectivity index (χ0) is 26.2. The smallest absolute Gasteiger partial charge is 0.230 e. The highest BCUT2D eigenvalue weighted by Gasteiger charge is 2.35. The fourth-order valence-electron chi connectivity index (χ4n) is 4.85. The Hall–Kier alpha value is -3.31. The van der Waals surface area contributed by atoms with Crippen LogP contribution in [0.1, 0.15) is 56.4 Å². The minimum absolute atomic E-state index is 0.117. The quantitative estimate of drug-likeness (QED) is 0.321. The van der Waals surface area contributed by atoms with Gasteiger partial charge in [-0.05, 0) is 55.0 Å². The number of nitrogens with zero attached hydrogens (tertiary/aromatic N) is 1. The van der Waals surface area contributed by atoms with Crippen LogP contribution in [0.2, 0.25) is 0 Å². The van der Waals surface area contributed by atoms with Gasteiger partial charge in [-0.25, -0.2) is 0 Å². The van der Waals surface area contributed by atoms with Gasteiger partial charge in [0.15, 0.2) is 17.6 Å². The number of hydrogen-bond donors (Lipinski definition) is 0. The number of rotatable bonds is 10. The van der Waals surface area contributed by atoms with Crippen LogP contribution in [0.15, 0.2) is 78.9 Å². The average molecular weight is 502 g/mol. The summed E-state index contributed by atoms with van der Waals surface area (Å²) in [6.07, 6.45) is 0.348. The standard InChI is InChI=1S/C32H39NO4/c1-5-35-28-13-9-10-14-29(28)37-31(27-11-7-6-8-12-27)30-22-33(19-20-36-30)32(34)24(4)26-17-15-25(16-18-26)21-23(2)3/h6-18,23-24,30-31H,5,19-22H2,1-4H3/t24-,30-,31-/m0/s1. The van der Waals surface area contributed by atoms with Crippen molar-refractivity contribution in [2.45, 2.75) is 52.2 Å². The molecule has 0 bridgehead atoms. The molecule has 1 heterocycles. The zero-order valence-electron chi connectivity index (χ0n) is 22.4. The zero-order valence-corrected chi connectivity index (χ0v) is 22.4. The van der Waals surface area contributed by atoms with Crippen molar-refractivity contribution in [3.8, 4) is 11.5 Å². The molecule has 3 aromatic carbocycles. The molecule has 1 amide bonds. The maximum Gasteiger partial charge on any atom is 0.230 e. The lowest BCUT2D eigenvalue weighted by Gasteiger charge is -2.38. The van der Waals surface area contributed by atoms with E-state index < -0.39 is 0 Å². The van der Waals surface area contributed by atoms with E-state index in [1.807, 2.05) is 73.3 Å². The van der Waals surface area contributed by atoms with Crippen LogP contribution in [0, 0.1) is 5.92 Å². The summed E-state index contributed by atoms with van der Waals surface area (Å²) in [7, 11) is 0. The Morgan fingerprint density at radius 3 is 2.27 bits per heavy atom. The first kappa shape index (κ1) is 26.7. The van der Waals surface area contributed by atoms with E-state index in [1.165, 1.54) is 5.56 Å². The van der Waals surface area contributed by atoms with Crippen LogP contribution in [0.25, 0.3) is 0 Å². The van der Waals surface area contributed by atoms with Gasteiger partial charge in [-0.2, -0.15) is 0 Å². The lowest BCUT2D eigenvalue weighted by molar-refractivity contribution is -0.144. The predicted octanol–water partition coefficient (Wildman–Crippen LogP) is 6.44. The van der Waals surface area contributed by atoms with Gasteiger partial charge >= 0.3 is 0 Å². The molecule has 0 N–H and O–H groups in total. The van der Waals surface area contributed by atoms with Crippen LogP contribution >= 0.6 is 0 Å². The molecule has 196 valence electrons. The second-order valence-electron chi connectivity index (χ2n) is 10.1. The van der Waals surface area contributed by atoms with Crippen molar-refractivity contribution in [2.24, 2.45) is 5.92 Å². The summed E-state index contributed by atoms with van der Waals surface area (Å²) in [5, 5.41) is 0. The van der Waals surface area contributed by atoms with E-state index in [9.17, 15) is 4.79 Å². The minimum atomic E-state index is -0.385. The second-order valence-corrected chi connectivity index (χ2v) is 10.1. The molecule has 5 nitrogen and oxygen atoms in total. The molecule has 0 saturated carbocycles. The molecule has 3 aromatic rings. The van der Waals surface area contributed by atoms with Gasteiger partial charge in [0.2, 0.25) is 5.91 Å². The molecule has 0 aromatic heterocycles. The topological polar surface area (TPSA) is 48.0 Å². The van der Waals surface area contributed by atoms with Crippen LogP contribution in [-0.2, 0) is 16.0 Å². The first-order valence-electron chi connectivity index (χ1n) is 13.4. The normalized spacial score (nSPS) is 17.3. The summed E-state index contributed by atoms with van der Waals surface area (Å²) in [6, 6.07) is 26.2. The van der Waals surface area contributed by atoms with Crippen LogP contribution in [-0.4, -0.2) is 43.2 Å². The van der Waals surface area contributed by atoms with Gasteiger partial charge in [0, 0.05) is 6.54 Å². The maximum absolute atomic E-state index is 13.6. The van der Waals surface area contributed by atoms with Crippen molar-refractivity contribution in [2.75, 3.05) is 26.3 Å². The molecule has 0 spiro atoms. The van der Waals surface area contributed by atoms with E-state index in [0.717, 1.165) is 17.5 Å². The number of morpholine rings is 1. The van der Waals surface area contributed by atoms with Gasteiger partial charge in [0.25, 0.3) is 0 Å². The van der Waals surface area contributed by atoms with Crippen LogP contribution in [0.5, 0.6) is 11.5 Å². The molecule has 1 aliphatic heterocycles. The number of ether oxygens (including phenoxy) is 3. The van der Waals surface area contributed by atoms with Crippen molar-refractivity contribution in [1.82, 2.24) is 4.90 Å². The molecule has 5 heteroatoms. The minimum Gasteiger partial charge on any atom is -0.490 e. The van der Waals surface area contributed by atoms with Gasteiger partial charge < -0.3 is 19.1 Å². The number of para-hydroxylation sites is 2. The molecule has 0 radical (unpaired) electrons. The number of amides is 1. The predicted molar refractivity (Wildman–Crippen MR) is 147 cm³/mol. The van der Waals surface area contributed by atoms with Crippen molar-refractivity contribution in [1.29, 1.82) is 0 Å². The third kappa shape index (κ3) is 6.92. The second kappa shape index (κ2) is 12.8. The molecule has 1 saturated heterocycles. The molecule has 1 fully saturated rings. The molecule has 0 unspecified atom stereocenters. The van der Waals surface area contributed by atoms with E-state index in [1.54, 1.807) is 0 Å². The van der Waals surface area contributed by atoms with Crippen molar-refractivity contribution < 1.29 is 19.0 Å². The number of carbonyl (C=O) groups excluding carboxylic acids is 1. The van der Waals surface area contributed by atoms with Crippen molar-refractivity contribution in [3.63, 3.8) is 0 Å². The largest absolute Gasteiger partial charge is 0.490 e. The highest BCUT2D eigenvalue weighted by Crippen LogP contribution is 2.34. The average Bonchev–Trinajstić information content (AvgIpc) is 2.92. The highest BCUT2D eigenvalue weighted by molar-refractivity contribution is 5.83. The van der Waals surface area contributed by atoms with E-state index in [4.69, 9.17) is 14.2 Å². The van der Waals surface area contributed by atoms with E-state index in [0.29, 0.717) is 43.7 Å². The lowest BCUT2D eigenvalue weighted by Crippen LogP contribution is -2.49.